The maximum Gasteiger partial charge on any atom is 0.243 e. The van der Waals surface area contributed by atoms with E-state index in [2.05, 4.69) is 5.32 Å². The molecular formula is C27H37F2N3O5S. The Kier molecular flexibility index (Phi) is 11.5. The van der Waals surface area contributed by atoms with E-state index in [0.717, 1.165) is 34.7 Å². The number of nitrogens with one attached hydrogen (secondary N) is 1. The average molecular weight is 554 g/mol. The summed E-state index contributed by atoms with van der Waals surface area (Å²) in [7, 11) is -2.29. The molecule has 38 heavy (non-hydrogen) atoms. The van der Waals surface area contributed by atoms with Gasteiger partial charge >= 0.3 is 0 Å². The molecule has 0 saturated heterocycles. The maximum absolute atomic E-state index is 13.8. The van der Waals surface area contributed by atoms with Crippen LogP contribution in [0.5, 0.6) is 5.75 Å². The number of hydrogen-bond acceptors (Lipinski definition) is 5. The molecule has 2 atom stereocenters. The first-order valence-corrected chi connectivity index (χ1v) is 14.4. The van der Waals surface area contributed by atoms with Crippen molar-refractivity contribution in [2.45, 2.75) is 65.1 Å². The zero-order valence-electron chi connectivity index (χ0n) is 22.5. The van der Waals surface area contributed by atoms with Crippen LogP contribution in [0.25, 0.3) is 0 Å². The van der Waals surface area contributed by atoms with E-state index in [1.54, 1.807) is 18.2 Å². The number of methoxy groups -OCH3 is 1. The lowest BCUT2D eigenvalue weighted by Crippen LogP contribution is -2.50. The van der Waals surface area contributed by atoms with Crippen LogP contribution in [0.1, 0.15) is 52.0 Å². The number of ether oxygens (including phenoxy) is 1. The summed E-state index contributed by atoms with van der Waals surface area (Å²) in [4.78, 5) is 28.0. The summed E-state index contributed by atoms with van der Waals surface area (Å²) >= 11 is 0. The van der Waals surface area contributed by atoms with E-state index < -0.39 is 27.7 Å². The van der Waals surface area contributed by atoms with Crippen molar-refractivity contribution in [2.75, 3.05) is 24.2 Å². The van der Waals surface area contributed by atoms with Gasteiger partial charge in [0.05, 0.1) is 19.1 Å². The highest BCUT2D eigenvalue weighted by atomic mass is 32.2. The van der Waals surface area contributed by atoms with Gasteiger partial charge in [0, 0.05) is 31.6 Å². The molecule has 0 heterocycles. The van der Waals surface area contributed by atoms with Crippen LogP contribution >= 0.6 is 0 Å². The first kappa shape index (κ1) is 31.0. The van der Waals surface area contributed by atoms with Crippen molar-refractivity contribution in [3.8, 4) is 5.75 Å². The van der Waals surface area contributed by atoms with Gasteiger partial charge in [0.15, 0.2) is 11.6 Å². The molecule has 2 aromatic carbocycles. The zero-order valence-corrected chi connectivity index (χ0v) is 23.4. The maximum atomic E-state index is 13.8. The van der Waals surface area contributed by atoms with Crippen molar-refractivity contribution in [1.82, 2.24) is 10.2 Å². The molecule has 11 heteroatoms. The third-order valence-electron chi connectivity index (χ3n) is 6.22. The molecule has 8 nitrogen and oxygen atoms in total. The van der Waals surface area contributed by atoms with Gasteiger partial charge in [-0.3, -0.25) is 13.9 Å². The fourth-order valence-corrected chi connectivity index (χ4v) is 4.93. The Labute approximate surface area is 224 Å². The third kappa shape index (κ3) is 8.68. The molecule has 2 amide bonds. The molecule has 0 bridgehead atoms. The minimum absolute atomic E-state index is 0.0357. The van der Waals surface area contributed by atoms with Gasteiger partial charge in [-0.2, -0.15) is 0 Å². The molecule has 0 radical (unpaired) electrons. The predicted molar refractivity (Wildman–Crippen MR) is 143 cm³/mol. The Bertz CT molecular complexity index is 1210. The first-order valence-electron chi connectivity index (χ1n) is 12.6. The molecule has 0 saturated carbocycles. The molecule has 0 aliphatic heterocycles. The lowest BCUT2D eigenvalue weighted by Gasteiger charge is -2.32. The molecule has 0 aromatic heterocycles. The minimum Gasteiger partial charge on any atom is -0.497 e. The number of sulfonamides is 1. The van der Waals surface area contributed by atoms with Crippen LogP contribution in [-0.4, -0.2) is 57.1 Å². The summed E-state index contributed by atoms with van der Waals surface area (Å²) in [6, 6.07) is 9.21. The Morgan fingerprint density at radius 2 is 1.76 bits per heavy atom. The second kappa shape index (κ2) is 14.1. The van der Waals surface area contributed by atoms with E-state index in [1.165, 1.54) is 18.1 Å². The van der Waals surface area contributed by atoms with Crippen molar-refractivity contribution in [3.05, 3.63) is 59.7 Å². The SMILES string of the molecule is CC[C@H](C)NC(=O)[C@H](CC)N(Cc1cccc(OC)c1)C(=O)CCCN(c1ccc(F)c(F)c1)S(C)(=O)=O. The normalized spacial score (nSPS) is 12.9. The fraction of sp³-hybridized carbons (Fsp3) is 0.481. The molecule has 210 valence electrons. The third-order valence-corrected chi connectivity index (χ3v) is 7.41. The number of rotatable bonds is 14. The highest BCUT2D eigenvalue weighted by Gasteiger charge is 2.29. The van der Waals surface area contributed by atoms with Gasteiger partial charge in [0.2, 0.25) is 21.8 Å². The second-order valence-corrected chi connectivity index (χ2v) is 11.1. The average Bonchev–Trinajstić information content (AvgIpc) is 2.87. The van der Waals surface area contributed by atoms with Crippen molar-refractivity contribution < 1.29 is 31.5 Å². The van der Waals surface area contributed by atoms with Crippen molar-refractivity contribution in [3.63, 3.8) is 0 Å². The van der Waals surface area contributed by atoms with E-state index in [4.69, 9.17) is 4.74 Å². The van der Waals surface area contributed by atoms with Gasteiger partial charge in [-0.1, -0.05) is 26.0 Å². The smallest absolute Gasteiger partial charge is 0.243 e. The lowest BCUT2D eigenvalue weighted by atomic mass is 10.1. The lowest BCUT2D eigenvalue weighted by molar-refractivity contribution is -0.141. The van der Waals surface area contributed by atoms with E-state index in [0.29, 0.717) is 12.2 Å². The quantitative estimate of drug-likeness (QED) is 0.378. The Hall–Kier alpha value is -3.21. The summed E-state index contributed by atoms with van der Waals surface area (Å²) in [5.41, 5.74) is 0.735. The number of hydrogen-bond donors (Lipinski definition) is 1. The molecular weight excluding hydrogens is 516 g/mol. The number of carbonyl (C=O) groups is 2. The molecule has 2 aromatic rings. The topological polar surface area (TPSA) is 96.0 Å². The number of carbonyl (C=O) groups excluding carboxylic acids is 2. The van der Waals surface area contributed by atoms with E-state index in [9.17, 15) is 26.8 Å². The molecule has 0 aliphatic rings. The van der Waals surface area contributed by atoms with Crippen molar-refractivity contribution in [2.24, 2.45) is 0 Å². The van der Waals surface area contributed by atoms with E-state index in [1.807, 2.05) is 26.8 Å². The second-order valence-electron chi connectivity index (χ2n) is 9.15. The van der Waals surface area contributed by atoms with Crippen LogP contribution in [0.4, 0.5) is 14.5 Å². The van der Waals surface area contributed by atoms with Crippen LogP contribution in [0, 0.1) is 11.6 Å². The molecule has 1 N–H and O–H groups in total. The molecule has 0 spiro atoms. The van der Waals surface area contributed by atoms with Gasteiger partial charge in [-0.05, 0) is 56.0 Å². The number of halogens is 2. The van der Waals surface area contributed by atoms with Crippen LogP contribution in [0.3, 0.4) is 0 Å². The van der Waals surface area contributed by atoms with Gasteiger partial charge in [0.1, 0.15) is 11.8 Å². The summed E-state index contributed by atoms with van der Waals surface area (Å²) in [6.45, 7) is 5.68. The summed E-state index contributed by atoms with van der Waals surface area (Å²) in [6.07, 6.45) is 2.10. The summed E-state index contributed by atoms with van der Waals surface area (Å²) in [5.74, 6) is -2.25. The van der Waals surface area contributed by atoms with Gasteiger partial charge in [-0.25, -0.2) is 17.2 Å². The van der Waals surface area contributed by atoms with Crippen LogP contribution in [-0.2, 0) is 26.2 Å². The Morgan fingerprint density at radius 1 is 1.05 bits per heavy atom. The fourth-order valence-electron chi connectivity index (χ4n) is 3.97. The minimum atomic E-state index is -3.83. The van der Waals surface area contributed by atoms with Crippen LogP contribution in [0.15, 0.2) is 42.5 Å². The Balaban J connectivity index is 2.26. The van der Waals surface area contributed by atoms with E-state index in [-0.39, 0.29) is 49.5 Å². The highest BCUT2D eigenvalue weighted by Crippen LogP contribution is 2.22. The van der Waals surface area contributed by atoms with Gasteiger partial charge < -0.3 is 15.0 Å². The summed E-state index contributed by atoms with van der Waals surface area (Å²) < 4.78 is 58.1. The standard InChI is InChI=1S/C27H37F2N3O5S/c1-6-19(3)30-27(34)25(7-2)31(18-20-10-8-11-22(16-20)37-4)26(33)12-9-15-32(38(5,35)36)21-13-14-23(28)24(29)17-21/h8,10-11,13-14,16-17,19,25H,6-7,9,12,15,18H2,1-5H3,(H,30,34)/t19-,25-/m0/s1. The number of amides is 2. The van der Waals surface area contributed by atoms with Gasteiger partial charge in [-0.15, -0.1) is 0 Å². The monoisotopic (exact) mass is 553 g/mol. The van der Waals surface area contributed by atoms with Crippen LogP contribution < -0.4 is 14.4 Å². The number of benzene rings is 2. The Morgan fingerprint density at radius 3 is 2.34 bits per heavy atom. The molecule has 0 unspecified atom stereocenters. The number of anilines is 1. The molecule has 0 aliphatic carbocycles. The van der Waals surface area contributed by atoms with Crippen molar-refractivity contribution >= 4 is 27.5 Å². The largest absolute Gasteiger partial charge is 0.497 e. The number of nitrogens with zero attached hydrogens (tertiary/aromatic N) is 2. The predicted octanol–water partition coefficient (Wildman–Crippen LogP) is 4.24. The van der Waals surface area contributed by atoms with Gasteiger partial charge in [0.25, 0.3) is 0 Å². The van der Waals surface area contributed by atoms with Crippen LogP contribution in [0.2, 0.25) is 0 Å². The van der Waals surface area contributed by atoms with E-state index >= 15 is 0 Å². The molecule has 0 fully saturated rings. The molecule has 2 rings (SSSR count). The van der Waals surface area contributed by atoms with Crippen molar-refractivity contribution in [1.29, 1.82) is 0 Å². The first-order chi connectivity index (χ1) is 17.9. The summed E-state index contributed by atoms with van der Waals surface area (Å²) in [5, 5.41) is 2.94. The highest BCUT2D eigenvalue weighted by molar-refractivity contribution is 7.92. The zero-order chi connectivity index (χ0) is 28.5.